The summed E-state index contributed by atoms with van der Waals surface area (Å²) >= 11 is 6.36. The first kappa shape index (κ1) is 22.7. The molecule has 7 nitrogen and oxygen atoms in total. The predicted octanol–water partition coefficient (Wildman–Crippen LogP) is 3.04. The number of likely N-dealkylation sites (N-methyl/N-ethyl adjacent to an activating group) is 1. The smallest absolute Gasteiger partial charge is 0.243 e. The van der Waals surface area contributed by atoms with Gasteiger partial charge in [-0.2, -0.15) is 0 Å². The van der Waals surface area contributed by atoms with E-state index in [1.165, 1.54) is 4.90 Å². The number of halogens is 1. The summed E-state index contributed by atoms with van der Waals surface area (Å²) in [5.74, 6) is 2.12. The zero-order chi connectivity index (χ0) is 22.2. The van der Waals surface area contributed by atoms with E-state index in [0.717, 1.165) is 29.0 Å². The van der Waals surface area contributed by atoms with E-state index in [4.69, 9.17) is 21.1 Å². The van der Waals surface area contributed by atoms with Crippen LogP contribution in [0.3, 0.4) is 0 Å². The summed E-state index contributed by atoms with van der Waals surface area (Å²) in [6.07, 6.45) is 1.51. The normalized spacial score (nSPS) is 15.5. The number of methoxy groups -OCH3 is 1. The van der Waals surface area contributed by atoms with Crippen LogP contribution in [0.25, 0.3) is 0 Å². The second-order valence-corrected chi connectivity index (χ2v) is 7.87. The maximum atomic E-state index is 12.1. The van der Waals surface area contributed by atoms with Crippen molar-refractivity contribution >= 4 is 23.5 Å². The number of hydrogen-bond donors (Lipinski definition) is 2. The Morgan fingerprint density at radius 1 is 1.29 bits per heavy atom. The number of hydrogen-bond acceptors (Lipinski definition) is 4. The van der Waals surface area contributed by atoms with Gasteiger partial charge >= 0.3 is 0 Å². The molecule has 31 heavy (non-hydrogen) atoms. The van der Waals surface area contributed by atoms with Crippen LogP contribution in [0, 0.1) is 0 Å². The van der Waals surface area contributed by atoms with Gasteiger partial charge in [0.25, 0.3) is 0 Å². The van der Waals surface area contributed by atoms with E-state index in [0.29, 0.717) is 30.6 Å². The number of rotatable bonds is 7. The van der Waals surface area contributed by atoms with Crippen molar-refractivity contribution in [1.29, 1.82) is 0 Å². The topological polar surface area (TPSA) is 75.2 Å². The molecule has 0 radical (unpaired) electrons. The molecule has 0 aromatic heterocycles. The third-order valence-corrected chi connectivity index (χ3v) is 5.44. The van der Waals surface area contributed by atoms with Gasteiger partial charge in [0.2, 0.25) is 5.91 Å². The predicted molar refractivity (Wildman–Crippen MR) is 123 cm³/mol. The van der Waals surface area contributed by atoms with Crippen molar-refractivity contribution in [1.82, 2.24) is 15.5 Å². The van der Waals surface area contributed by atoms with E-state index in [1.54, 1.807) is 27.3 Å². The Hall–Kier alpha value is -2.93. The summed E-state index contributed by atoms with van der Waals surface area (Å²) in [7, 11) is 5.06. The highest BCUT2D eigenvalue weighted by atomic mass is 35.5. The van der Waals surface area contributed by atoms with Crippen LogP contribution in [0.5, 0.6) is 11.5 Å². The maximum absolute atomic E-state index is 12.1. The zero-order valence-corrected chi connectivity index (χ0v) is 18.9. The molecule has 2 aromatic carbocycles. The minimum Gasteiger partial charge on any atom is -0.497 e. The number of guanidine groups is 1. The fourth-order valence-electron chi connectivity index (χ4n) is 3.27. The van der Waals surface area contributed by atoms with Gasteiger partial charge < -0.3 is 25.0 Å². The quantitative estimate of drug-likeness (QED) is 0.507. The average molecular weight is 445 g/mol. The molecule has 0 saturated carbocycles. The van der Waals surface area contributed by atoms with Gasteiger partial charge in [-0.1, -0.05) is 35.9 Å². The Bertz CT molecular complexity index is 933. The maximum Gasteiger partial charge on any atom is 0.243 e. The number of para-hydroxylation sites is 1. The molecule has 0 saturated heterocycles. The SMILES string of the molecule is COc1ccc(CCNC(=NCC(=O)N(C)C)NC2CCOc3ccccc32)c(Cl)c1. The van der Waals surface area contributed by atoms with Gasteiger partial charge in [-0.3, -0.25) is 4.79 Å². The third kappa shape index (κ3) is 6.28. The first-order chi connectivity index (χ1) is 15.0. The monoisotopic (exact) mass is 444 g/mol. The standard InChI is InChI=1S/C23H29ClN4O3/c1-28(2)22(29)15-26-23(25-12-10-16-8-9-17(30-3)14-19(16)24)27-20-11-13-31-21-7-5-4-6-18(20)21/h4-9,14,20H,10-13,15H2,1-3H3,(H2,25,26,27). The van der Waals surface area contributed by atoms with Gasteiger partial charge in [0, 0.05) is 37.6 Å². The van der Waals surface area contributed by atoms with Crippen molar-refractivity contribution in [3.8, 4) is 11.5 Å². The first-order valence-electron chi connectivity index (χ1n) is 10.3. The van der Waals surface area contributed by atoms with Gasteiger partial charge in [0.05, 0.1) is 19.8 Å². The lowest BCUT2D eigenvalue weighted by Gasteiger charge is -2.28. The number of amides is 1. The highest BCUT2D eigenvalue weighted by molar-refractivity contribution is 6.31. The lowest BCUT2D eigenvalue weighted by atomic mass is 10.0. The van der Waals surface area contributed by atoms with Crippen LogP contribution in [-0.2, 0) is 11.2 Å². The highest BCUT2D eigenvalue weighted by Crippen LogP contribution is 2.31. The molecule has 8 heteroatoms. The minimum absolute atomic E-state index is 0.0511. The molecular weight excluding hydrogens is 416 g/mol. The largest absolute Gasteiger partial charge is 0.497 e. The summed E-state index contributed by atoms with van der Waals surface area (Å²) < 4.78 is 11.0. The van der Waals surface area contributed by atoms with Crippen LogP contribution < -0.4 is 20.1 Å². The molecule has 2 aromatic rings. The molecule has 1 amide bonds. The second-order valence-electron chi connectivity index (χ2n) is 7.46. The molecule has 1 aliphatic rings. The molecule has 1 unspecified atom stereocenters. The second kappa shape index (κ2) is 10.9. The van der Waals surface area contributed by atoms with Crippen molar-refractivity contribution in [3.05, 3.63) is 58.6 Å². The molecule has 0 bridgehead atoms. The minimum atomic E-state index is -0.0633. The third-order valence-electron chi connectivity index (χ3n) is 5.09. The van der Waals surface area contributed by atoms with Crippen LogP contribution in [0.1, 0.15) is 23.6 Å². The number of carbonyl (C=O) groups is 1. The summed E-state index contributed by atoms with van der Waals surface area (Å²) in [5.41, 5.74) is 2.09. The van der Waals surface area contributed by atoms with E-state index in [-0.39, 0.29) is 18.5 Å². The Labute approximate surface area is 188 Å². The van der Waals surface area contributed by atoms with Crippen molar-refractivity contribution < 1.29 is 14.3 Å². The molecule has 0 spiro atoms. The van der Waals surface area contributed by atoms with Crippen LogP contribution in [-0.4, -0.2) is 57.7 Å². The summed E-state index contributed by atoms with van der Waals surface area (Å²) in [4.78, 5) is 18.1. The number of nitrogens with one attached hydrogen (secondary N) is 2. The van der Waals surface area contributed by atoms with Crippen molar-refractivity contribution in [3.63, 3.8) is 0 Å². The van der Waals surface area contributed by atoms with E-state index in [2.05, 4.69) is 15.6 Å². The van der Waals surface area contributed by atoms with Crippen LogP contribution >= 0.6 is 11.6 Å². The number of fused-ring (bicyclic) bond motifs is 1. The molecule has 1 aliphatic heterocycles. The summed E-state index contributed by atoms with van der Waals surface area (Å²) in [6.45, 7) is 1.30. The summed E-state index contributed by atoms with van der Waals surface area (Å²) in [5, 5.41) is 7.46. The van der Waals surface area contributed by atoms with E-state index >= 15 is 0 Å². The molecule has 2 N–H and O–H groups in total. The fourth-order valence-corrected chi connectivity index (χ4v) is 3.54. The molecule has 0 fully saturated rings. The summed E-state index contributed by atoms with van der Waals surface area (Å²) in [6, 6.07) is 13.7. The Morgan fingerprint density at radius 3 is 2.84 bits per heavy atom. The Morgan fingerprint density at radius 2 is 2.10 bits per heavy atom. The van der Waals surface area contributed by atoms with Gasteiger partial charge in [-0.05, 0) is 30.2 Å². The first-order valence-corrected chi connectivity index (χ1v) is 10.6. The van der Waals surface area contributed by atoms with E-state index in [1.807, 2.05) is 36.4 Å². The van der Waals surface area contributed by atoms with Crippen molar-refractivity contribution in [2.24, 2.45) is 4.99 Å². The molecule has 0 aliphatic carbocycles. The van der Waals surface area contributed by atoms with E-state index < -0.39 is 0 Å². The molecule has 166 valence electrons. The van der Waals surface area contributed by atoms with Gasteiger partial charge in [0.1, 0.15) is 18.0 Å². The number of benzene rings is 2. The molecule has 3 rings (SSSR count). The lowest BCUT2D eigenvalue weighted by molar-refractivity contribution is -0.127. The average Bonchev–Trinajstić information content (AvgIpc) is 2.78. The Balaban J connectivity index is 1.68. The number of carbonyl (C=O) groups excluding carboxylic acids is 1. The molecule has 1 atom stereocenters. The van der Waals surface area contributed by atoms with Gasteiger partial charge in [0.15, 0.2) is 5.96 Å². The van der Waals surface area contributed by atoms with Gasteiger partial charge in [-0.25, -0.2) is 4.99 Å². The molecular formula is C23H29ClN4O3. The highest BCUT2D eigenvalue weighted by Gasteiger charge is 2.22. The van der Waals surface area contributed by atoms with Crippen LogP contribution in [0.15, 0.2) is 47.5 Å². The van der Waals surface area contributed by atoms with Gasteiger partial charge in [-0.15, -0.1) is 0 Å². The number of ether oxygens (including phenoxy) is 2. The Kier molecular flexibility index (Phi) is 8.00. The molecule has 1 heterocycles. The number of aliphatic imine (C=N–C) groups is 1. The number of nitrogens with zero attached hydrogens (tertiary/aromatic N) is 2. The van der Waals surface area contributed by atoms with Crippen LogP contribution in [0.2, 0.25) is 5.02 Å². The zero-order valence-electron chi connectivity index (χ0n) is 18.2. The van der Waals surface area contributed by atoms with Crippen LogP contribution in [0.4, 0.5) is 0 Å². The lowest BCUT2D eigenvalue weighted by Crippen LogP contribution is -2.42. The van der Waals surface area contributed by atoms with Crippen molar-refractivity contribution in [2.45, 2.75) is 18.9 Å². The van der Waals surface area contributed by atoms with E-state index in [9.17, 15) is 4.79 Å². The fraction of sp³-hybridized carbons (Fsp3) is 0.391. The van der Waals surface area contributed by atoms with Crippen molar-refractivity contribution in [2.75, 3.05) is 40.9 Å².